The Morgan fingerprint density at radius 1 is 1.18 bits per heavy atom. The van der Waals surface area contributed by atoms with Crippen molar-refractivity contribution in [2.75, 3.05) is 18.2 Å². The van der Waals surface area contributed by atoms with Gasteiger partial charge in [-0.3, -0.25) is 14.2 Å². The first kappa shape index (κ1) is 21.7. The van der Waals surface area contributed by atoms with Gasteiger partial charge >= 0.3 is 0 Å². The Balaban J connectivity index is 1.37. The molecule has 2 aromatic carbocycles. The molecule has 1 N–H and O–H groups in total. The molecule has 6 nitrogen and oxygen atoms in total. The highest BCUT2D eigenvalue weighted by Crippen LogP contribution is 2.26. The van der Waals surface area contributed by atoms with Gasteiger partial charge in [0.2, 0.25) is 5.91 Å². The van der Waals surface area contributed by atoms with Crippen LogP contribution in [0.15, 0.2) is 63.9 Å². The predicted molar refractivity (Wildman–Crippen MR) is 134 cm³/mol. The lowest BCUT2D eigenvalue weighted by molar-refractivity contribution is -0.113. The van der Waals surface area contributed by atoms with Crippen LogP contribution in [0, 0.1) is 0 Å². The molecule has 0 unspecified atom stereocenters. The lowest BCUT2D eigenvalue weighted by atomic mass is 10.1. The predicted octanol–water partition coefficient (Wildman–Crippen LogP) is 4.73. The van der Waals surface area contributed by atoms with Crippen LogP contribution in [0.25, 0.3) is 10.2 Å². The van der Waals surface area contributed by atoms with Crippen molar-refractivity contribution in [3.63, 3.8) is 0 Å². The number of thioether (sulfide) groups is 1. The number of amides is 1. The number of ether oxygens (including phenoxy) is 1. The van der Waals surface area contributed by atoms with E-state index in [0.717, 1.165) is 29.8 Å². The largest absolute Gasteiger partial charge is 0.497 e. The fourth-order valence-corrected chi connectivity index (χ4v) is 5.68. The molecule has 0 saturated carbocycles. The van der Waals surface area contributed by atoms with Gasteiger partial charge in [0.1, 0.15) is 10.4 Å². The van der Waals surface area contributed by atoms with Gasteiger partial charge in [-0.25, -0.2) is 4.98 Å². The number of hydrogen-bond donors (Lipinski definition) is 1. The highest BCUT2D eigenvalue weighted by Gasteiger charge is 2.16. The van der Waals surface area contributed by atoms with E-state index >= 15 is 0 Å². The minimum atomic E-state index is -0.120. The summed E-state index contributed by atoms with van der Waals surface area (Å²) >= 11 is 2.66. The molecule has 2 aromatic heterocycles. The van der Waals surface area contributed by atoms with Crippen molar-refractivity contribution >= 4 is 44.9 Å². The minimum absolute atomic E-state index is 0.0978. The molecular formula is C25H23N3O3S2. The van der Waals surface area contributed by atoms with Gasteiger partial charge in [-0.1, -0.05) is 30.0 Å². The summed E-state index contributed by atoms with van der Waals surface area (Å²) in [6.07, 6.45) is 3.35. The lowest BCUT2D eigenvalue weighted by Gasteiger charge is -2.13. The van der Waals surface area contributed by atoms with E-state index < -0.39 is 0 Å². The molecule has 8 heteroatoms. The number of carbonyl (C=O) groups is 1. The number of anilines is 1. The van der Waals surface area contributed by atoms with E-state index in [9.17, 15) is 9.59 Å². The van der Waals surface area contributed by atoms with Gasteiger partial charge in [-0.2, -0.15) is 0 Å². The van der Waals surface area contributed by atoms with Gasteiger partial charge in [0.15, 0.2) is 5.16 Å². The Hall–Kier alpha value is -3.10. The average molecular weight is 478 g/mol. The van der Waals surface area contributed by atoms with E-state index in [-0.39, 0.29) is 17.2 Å². The zero-order valence-corrected chi connectivity index (χ0v) is 19.8. The maximum atomic E-state index is 13.2. The van der Waals surface area contributed by atoms with Crippen molar-refractivity contribution in [2.24, 2.45) is 0 Å². The third-order valence-corrected chi connectivity index (χ3v) is 7.59. The Bertz CT molecular complexity index is 1390. The molecule has 1 aliphatic rings. The normalized spacial score (nSPS) is 12.6. The van der Waals surface area contributed by atoms with Crippen LogP contribution in [0.4, 0.5) is 5.69 Å². The molecule has 0 spiro atoms. The van der Waals surface area contributed by atoms with Gasteiger partial charge in [0, 0.05) is 5.69 Å². The van der Waals surface area contributed by atoms with E-state index in [1.807, 2.05) is 41.8 Å². The maximum Gasteiger partial charge on any atom is 0.272 e. The van der Waals surface area contributed by atoms with Crippen LogP contribution in [0.3, 0.4) is 0 Å². The summed E-state index contributed by atoms with van der Waals surface area (Å²) in [5.74, 6) is 0.774. The number of aryl methyl sites for hydroxylation is 2. The number of nitrogens with zero attached hydrogens (tertiary/aromatic N) is 2. The molecule has 1 aliphatic carbocycles. The van der Waals surface area contributed by atoms with Crippen molar-refractivity contribution in [3.05, 3.63) is 81.0 Å². The number of rotatable bonds is 7. The van der Waals surface area contributed by atoms with E-state index in [1.165, 1.54) is 40.6 Å². The molecule has 0 fully saturated rings. The number of thiophene rings is 1. The molecule has 168 valence electrons. The first-order valence-electron chi connectivity index (χ1n) is 10.8. The summed E-state index contributed by atoms with van der Waals surface area (Å²) in [4.78, 5) is 30.6. The van der Waals surface area contributed by atoms with Crippen molar-refractivity contribution in [1.82, 2.24) is 9.55 Å². The smallest absolute Gasteiger partial charge is 0.272 e. The summed E-state index contributed by atoms with van der Waals surface area (Å²) in [6.45, 7) is 0.353. The number of methoxy groups -OCH3 is 1. The average Bonchev–Trinajstić information content (AvgIpc) is 3.49. The Morgan fingerprint density at radius 2 is 2.06 bits per heavy atom. The maximum absolute atomic E-state index is 13.2. The van der Waals surface area contributed by atoms with Gasteiger partial charge in [0.25, 0.3) is 5.56 Å². The molecule has 1 amide bonds. The monoisotopic (exact) mass is 477 g/mol. The molecular weight excluding hydrogens is 454 g/mol. The summed E-state index contributed by atoms with van der Waals surface area (Å²) in [5.41, 5.74) is 5.00. The second-order valence-corrected chi connectivity index (χ2v) is 9.80. The van der Waals surface area contributed by atoms with Crippen molar-refractivity contribution in [2.45, 2.75) is 31.0 Å². The third-order valence-electron chi connectivity index (χ3n) is 5.72. The number of benzene rings is 2. The lowest BCUT2D eigenvalue weighted by Crippen LogP contribution is -2.24. The third kappa shape index (κ3) is 4.67. The van der Waals surface area contributed by atoms with E-state index in [4.69, 9.17) is 4.74 Å². The van der Waals surface area contributed by atoms with E-state index in [0.29, 0.717) is 21.9 Å². The van der Waals surface area contributed by atoms with Crippen LogP contribution >= 0.6 is 23.1 Å². The van der Waals surface area contributed by atoms with Crippen molar-refractivity contribution < 1.29 is 9.53 Å². The molecule has 2 heterocycles. The van der Waals surface area contributed by atoms with Gasteiger partial charge in [-0.05, 0) is 71.7 Å². The Kier molecular flexibility index (Phi) is 6.20. The second-order valence-electron chi connectivity index (χ2n) is 7.95. The van der Waals surface area contributed by atoms with Gasteiger partial charge < -0.3 is 10.1 Å². The van der Waals surface area contributed by atoms with Crippen LogP contribution in [0.2, 0.25) is 0 Å². The van der Waals surface area contributed by atoms with Crippen molar-refractivity contribution in [1.29, 1.82) is 0 Å². The highest BCUT2D eigenvalue weighted by molar-refractivity contribution is 7.99. The summed E-state index contributed by atoms with van der Waals surface area (Å²) in [5, 5.41) is 5.37. The molecule has 0 atom stereocenters. The van der Waals surface area contributed by atoms with Crippen LogP contribution in [0.1, 0.15) is 23.1 Å². The first-order chi connectivity index (χ1) is 16.1. The first-order valence-corrected chi connectivity index (χ1v) is 12.6. The number of aromatic nitrogens is 2. The minimum Gasteiger partial charge on any atom is -0.497 e. The topological polar surface area (TPSA) is 73.2 Å². The second kappa shape index (κ2) is 9.41. The standard InChI is InChI=1S/C25H23N3O3S2/c1-31-20-7-2-4-16(12-20)14-28-24(30)23-21(10-11-32-23)27-25(28)33-15-22(29)26-19-9-8-17-5-3-6-18(17)13-19/h2,4,7-13H,3,5-6,14-15H2,1H3,(H,26,29). The molecule has 4 aromatic rings. The number of carbonyl (C=O) groups excluding carboxylic acids is 1. The van der Waals surface area contributed by atoms with Crippen LogP contribution in [0.5, 0.6) is 5.75 Å². The Morgan fingerprint density at radius 3 is 2.94 bits per heavy atom. The van der Waals surface area contributed by atoms with Crippen molar-refractivity contribution in [3.8, 4) is 5.75 Å². The Labute approximate surface area is 199 Å². The molecule has 0 radical (unpaired) electrons. The zero-order valence-electron chi connectivity index (χ0n) is 18.2. The molecule has 0 saturated heterocycles. The number of fused-ring (bicyclic) bond motifs is 2. The molecule has 5 rings (SSSR count). The fourth-order valence-electron chi connectivity index (χ4n) is 4.10. The van der Waals surface area contributed by atoms with E-state index in [2.05, 4.69) is 22.4 Å². The quantitative estimate of drug-likeness (QED) is 0.308. The van der Waals surface area contributed by atoms with Crippen LogP contribution in [-0.4, -0.2) is 28.3 Å². The molecule has 0 aliphatic heterocycles. The zero-order chi connectivity index (χ0) is 22.8. The van der Waals surface area contributed by atoms with Crippen LogP contribution in [-0.2, 0) is 24.2 Å². The SMILES string of the molecule is COc1cccc(Cn2c(SCC(=O)Nc3ccc4c(c3)CCC4)nc3ccsc3c2=O)c1. The molecule has 33 heavy (non-hydrogen) atoms. The summed E-state index contributed by atoms with van der Waals surface area (Å²) < 4.78 is 7.57. The van der Waals surface area contributed by atoms with Crippen LogP contribution < -0.4 is 15.6 Å². The molecule has 0 bridgehead atoms. The fraction of sp³-hybridized carbons (Fsp3) is 0.240. The summed E-state index contributed by atoms with van der Waals surface area (Å²) in [6, 6.07) is 15.6. The number of hydrogen-bond acceptors (Lipinski definition) is 6. The number of nitrogens with one attached hydrogen (secondary N) is 1. The summed E-state index contributed by atoms with van der Waals surface area (Å²) in [7, 11) is 1.62. The van der Waals surface area contributed by atoms with Gasteiger partial charge in [-0.15, -0.1) is 11.3 Å². The van der Waals surface area contributed by atoms with Gasteiger partial charge in [0.05, 0.1) is 24.9 Å². The highest BCUT2D eigenvalue weighted by atomic mass is 32.2. The van der Waals surface area contributed by atoms with E-state index in [1.54, 1.807) is 11.7 Å².